The van der Waals surface area contributed by atoms with Gasteiger partial charge in [0.05, 0.1) is 24.8 Å². The lowest BCUT2D eigenvalue weighted by Crippen LogP contribution is -2.31. The first kappa shape index (κ1) is 25.8. The van der Waals surface area contributed by atoms with Crippen molar-refractivity contribution in [2.45, 2.75) is 19.3 Å². The van der Waals surface area contributed by atoms with Gasteiger partial charge >= 0.3 is 11.9 Å². The predicted octanol–water partition coefficient (Wildman–Crippen LogP) is 4.15. The van der Waals surface area contributed by atoms with Crippen molar-refractivity contribution in [2.75, 3.05) is 14.2 Å². The maximum absolute atomic E-state index is 13.2. The lowest BCUT2D eigenvalue weighted by molar-refractivity contribution is -0.138. The molecule has 13 heteroatoms. The van der Waals surface area contributed by atoms with Crippen LogP contribution in [0.25, 0.3) is 12.2 Å². The number of hydrogen-bond donors (Lipinski definition) is 1. The molecule has 0 saturated carbocycles. The Balaban J connectivity index is 1.69. The zero-order valence-corrected chi connectivity index (χ0v) is 19.0. The second-order valence-electron chi connectivity index (χ2n) is 6.98. The maximum Gasteiger partial charge on any atom is 0.437 e. The summed E-state index contributed by atoms with van der Waals surface area (Å²) in [5.41, 5.74) is -1.05. The van der Waals surface area contributed by atoms with E-state index in [1.165, 1.54) is 26.4 Å². The third-order valence-electron chi connectivity index (χ3n) is 4.69. The Bertz CT molecular complexity index is 1320. The lowest BCUT2D eigenvalue weighted by atomic mass is 10.1. The van der Waals surface area contributed by atoms with E-state index in [2.05, 4.69) is 10.4 Å². The Morgan fingerprint density at radius 1 is 1.20 bits per heavy atom. The minimum atomic E-state index is -4.80. The molecule has 0 aliphatic heterocycles. The summed E-state index contributed by atoms with van der Waals surface area (Å²) in [5.74, 6) is -2.26. The van der Waals surface area contributed by atoms with Gasteiger partial charge in [-0.1, -0.05) is 17.7 Å². The highest BCUT2D eigenvalue weighted by molar-refractivity contribution is 6.34. The molecule has 1 amide bonds. The van der Waals surface area contributed by atoms with E-state index >= 15 is 0 Å². The highest BCUT2D eigenvalue weighted by Crippen LogP contribution is 2.38. The topological polar surface area (TPSA) is 95.6 Å². The van der Waals surface area contributed by atoms with E-state index in [1.807, 2.05) is 0 Å². The van der Waals surface area contributed by atoms with Gasteiger partial charge < -0.3 is 19.2 Å². The average Bonchev–Trinajstić information content (AvgIpc) is 3.15. The molecule has 8 nitrogen and oxygen atoms in total. The number of amides is 1. The molecule has 0 atom stereocenters. The van der Waals surface area contributed by atoms with Crippen LogP contribution >= 0.6 is 11.6 Å². The Morgan fingerprint density at radius 2 is 1.94 bits per heavy atom. The summed E-state index contributed by atoms with van der Waals surface area (Å²) in [4.78, 5) is 24.2. The number of methoxy groups -OCH3 is 2. The van der Waals surface area contributed by atoms with Crippen LogP contribution in [0.15, 0.2) is 39.5 Å². The summed E-state index contributed by atoms with van der Waals surface area (Å²) >= 11 is 6.28. The quantitative estimate of drug-likeness (QED) is 0.453. The molecule has 3 rings (SSSR count). The van der Waals surface area contributed by atoms with Crippen LogP contribution in [0.3, 0.4) is 0 Å². The van der Waals surface area contributed by atoms with Crippen LogP contribution in [0, 0.1) is 5.82 Å². The number of halogens is 5. The number of nitrogens with one attached hydrogen (secondary N) is 1. The van der Waals surface area contributed by atoms with E-state index in [4.69, 9.17) is 25.5 Å². The van der Waals surface area contributed by atoms with Gasteiger partial charge in [0.25, 0.3) is 0 Å². The van der Waals surface area contributed by atoms with Crippen molar-refractivity contribution < 1.29 is 36.2 Å². The average molecular weight is 516 g/mol. The first-order valence-electron chi connectivity index (χ1n) is 9.82. The summed E-state index contributed by atoms with van der Waals surface area (Å²) in [6.07, 6.45) is -1.98. The van der Waals surface area contributed by atoms with E-state index in [-0.39, 0.29) is 16.5 Å². The van der Waals surface area contributed by atoms with E-state index < -0.39 is 42.3 Å². The summed E-state index contributed by atoms with van der Waals surface area (Å²) in [5, 5.41) is 6.34. The summed E-state index contributed by atoms with van der Waals surface area (Å²) in [6.45, 7) is -1.15. The fraction of sp³-hybridized carbons (Fsp3) is 0.227. The number of carbonyl (C=O) groups is 1. The van der Waals surface area contributed by atoms with Gasteiger partial charge in [0.2, 0.25) is 11.8 Å². The summed E-state index contributed by atoms with van der Waals surface area (Å²) < 4.78 is 68.5. The zero-order valence-electron chi connectivity index (χ0n) is 18.3. The second-order valence-corrected chi connectivity index (χ2v) is 7.36. The Kier molecular flexibility index (Phi) is 7.85. The third-order valence-corrected chi connectivity index (χ3v) is 5.08. The van der Waals surface area contributed by atoms with Crippen molar-refractivity contribution in [3.05, 3.63) is 74.3 Å². The minimum Gasteiger partial charge on any atom is -0.493 e. The van der Waals surface area contributed by atoms with E-state index in [1.54, 1.807) is 12.1 Å². The number of rotatable bonds is 8. The van der Waals surface area contributed by atoms with Gasteiger partial charge in [0.15, 0.2) is 11.5 Å². The van der Waals surface area contributed by atoms with Gasteiger partial charge in [-0.2, -0.15) is 17.9 Å². The first-order chi connectivity index (χ1) is 16.5. The zero-order chi connectivity index (χ0) is 25.8. The van der Waals surface area contributed by atoms with E-state index in [0.717, 1.165) is 12.1 Å². The number of hydrogen-bond acceptors (Lipinski definition) is 6. The molecule has 0 unspecified atom stereocenters. The van der Waals surface area contributed by atoms with Gasteiger partial charge in [0, 0.05) is 12.6 Å². The predicted molar refractivity (Wildman–Crippen MR) is 117 cm³/mol. The number of ether oxygens (including phenoxy) is 2. The van der Waals surface area contributed by atoms with Crippen molar-refractivity contribution in [1.82, 2.24) is 15.1 Å². The summed E-state index contributed by atoms with van der Waals surface area (Å²) in [6, 6.07) is 5.36. The van der Waals surface area contributed by atoms with Gasteiger partial charge in [0.1, 0.15) is 12.4 Å². The van der Waals surface area contributed by atoms with Gasteiger partial charge in [-0.3, -0.25) is 4.79 Å². The van der Waals surface area contributed by atoms with Crippen molar-refractivity contribution in [3.8, 4) is 11.5 Å². The normalized spacial score (nSPS) is 11.6. The van der Waals surface area contributed by atoms with Crippen LogP contribution in [0.5, 0.6) is 11.5 Å². The van der Waals surface area contributed by atoms with Crippen molar-refractivity contribution >= 4 is 29.7 Å². The Hall–Kier alpha value is -3.80. The molecule has 186 valence electrons. The largest absolute Gasteiger partial charge is 0.493 e. The number of alkyl halides is 3. The van der Waals surface area contributed by atoms with Crippen LogP contribution < -0.4 is 20.5 Å². The van der Waals surface area contributed by atoms with Crippen LogP contribution in [-0.4, -0.2) is 29.9 Å². The Morgan fingerprint density at radius 3 is 2.60 bits per heavy atom. The van der Waals surface area contributed by atoms with Crippen LogP contribution in [0.4, 0.5) is 17.6 Å². The highest BCUT2D eigenvalue weighted by Gasteiger charge is 2.33. The molecule has 1 aromatic heterocycles. The molecule has 0 spiro atoms. The van der Waals surface area contributed by atoms with E-state index in [0.29, 0.717) is 27.8 Å². The molecular weight excluding hydrogens is 498 g/mol. The molecule has 1 heterocycles. The fourth-order valence-corrected chi connectivity index (χ4v) is 3.33. The van der Waals surface area contributed by atoms with Crippen LogP contribution in [0.2, 0.25) is 5.02 Å². The molecular formula is C22H18ClF4N3O5. The number of benzene rings is 2. The molecule has 0 radical (unpaired) electrons. The molecule has 2 aromatic carbocycles. The highest BCUT2D eigenvalue weighted by atomic mass is 35.5. The lowest BCUT2D eigenvalue weighted by Gasteiger charge is -2.13. The molecule has 0 aliphatic carbocycles. The fourth-order valence-electron chi connectivity index (χ4n) is 3.04. The number of carbonyl (C=O) groups excluding carboxylic acids is 1. The number of aromatic nitrogens is 2. The molecule has 0 aliphatic rings. The smallest absolute Gasteiger partial charge is 0.437 e. The summed E-state index contributed by atoms with van der Waals surface area (Å²) in [7, 11) is 2.87. The third kappa shape index (κ3) is 6.21. The van der Waals surface area contributed by atoms with Crippen LogP contribution in [-0.2, 0) is 24.1 Å². The van der Waals surface area contributed by atoms with Crippen molar-refractivity contribution in [1.29, 1.82) is 0 Å². The van der Waals surface area contributed by atoms with Gasteiger partial charge in [-0.15, -0.1) is 5.10 Å². The van der Waals surface area contributed by atoms with E-state index in [9.17, 15) is 27.2 Å². The standard InChI is InChI=1S/C22H18ClF4N3O5/c1-33-16-7-4-12(19(23)20(16)34-2)5-8-18-29-30(21(32)35-18)11-17(31)28-10-13-3-6-14(24)9-15(13)22(25,26)27/h3-9H,10-11H2,1-2H3,(H,28,31). The number of nitrogens with zero attached hydrogens (tertiary/aromatic N) is 2. The van der Waals surface area contributed by atoms with Crippen molar-refractivity contribution in [2.24, 2.45) is 0 Å². The van der Waals surface area contributed by atoms with Crippen molar-refractivity contribution in [3.63, 3.8) is 0 Å². The molecule has 0 fully saturated rings. The minimum absolute atomic E-state index is 0.147. The molecule has 0 bridgehead atoms. The Labute approximate surface area is 200 Å². The molecule has 3 aromatic rings. The molecule has 0 saturated heterocycles. The first-order valence-corrected chi connectivity index (χ1v) is 10.2. The SMILES string of the molecule is COc1ccc(C=Cc2nn(CC(=O)NCc3ccc(F)cc3C(F)(F)F)c(=O)o2)c(Cl)c1OC. The van der Waals surface area contributed by atoms with Crippen LogP contribution in [0.1, 0.15) is 22.6 Å². The maximum atomic E-state index is 13.2. The molecule has 1 N–H and O–H groups in total. The van der Waals surface area contributed by atoms with Gasteiger partial charge in [-0.05, 0) is 41.5 Å². The van der Waals surface area contributed by atoms with Gasteiger partial charge in [-0.25, -0.2) is 9.18 Å². The molecule has 35 heavy (non-hydrogen) atoms. The monoisotopic (exact) mass is 515 g/mol. The second kappa shape index (κ2) is 10.6.